The van der Waals surface area contributed by atoms with E-state index in [1.54, 1.807) is 0 Å². The van der Waals surface area contributed by atoms with Gasteiger partial charge in [-0.15, -0.1) is 0 Å². The van der Waals surface area contributed by atoms with Crippen molar-refractivity contribution in [2.24, 2.45) is 5.11 Å². The van der Waals surface area contributed by atoms with Crippen LogP contribution in [0.2, 0.25) is 0 Å². The van der Waals surface area contributed by atoms with Crippen LogP contribution in [0.4, 0.5) is 26.3 Å². The van der Waals surface area contributed by atoms with Crippen molar-refractivity contribution < 1.29 is 41.3 Å². The van der Waals surface area contributed by atoms with Crippen LogP contribution in [0.5, 0.6) is 5.75 Å². The molecule has 0 bridgehead atoms. The van der Waals surface area contributed by atoms with E-state index in [2.05, 4.69) is 14.8 Å². The van der Waals surface area contributed by atoms with Crippen LogP contribution in [0.1, 0.15) is 11.7 Å². The minimum absolute atomic E-state index is 0.0149. The first-order valence-electron chi connectivity index (χ1n) is 6.23. The van der Waals surface area contributed by atoms with Gasteiger partial charge in [-0.2, -0.15) is 22.0 Å². The number of alkyl halides is 6. The lowest BCUT2D eigenvalue weighted by Crippen LogP contribution is -2.45. The van der Waals surface area contributed by atoms with Crippen molar-refractivity contribution >= 4 is 0 Å². The predicted octanol–water partition coefficient (Wildman–Crippen LogP) is 3.26. The molecule has 1 aromatic carbocycles. The molecule has 0 aliphatic carbocycles. The van der Waals surface area contributed by atoms with E-state index >= 15 is 0 Å². The Morgan fingerprint density at radius 1 is 1.12 bits per heavy atom. The van der Waals surface area contributed by atoms with Crippen LogP contribution in [0.15, 0.2) is 29.4 Å². The number of hydrogen-bond acceptors (Lipinski definition) is 4. The third-order valence-corrected chi connectivity index (χ3v) is 2.75. The van der Waals surface area contributed by atoms with Gasteiger partial charge >= 0.3 is 12.3 Å². The average Bonchev–Trinajstić information content (AvgIpc) is 2.50. The Labute approximate surface area is 130 Å². The summed E-state index contributed by atoms with van der Waals surface area (Å²) in [5.41, 5.74) is 8.07. The zero-order valence-corrected chi connectivity index (χ0v) is 11.7. The molecule has 1 aromatic rings. The summed E-state index contributed by atoms with van der Waals surface area (Å²) in [5.74, 6) is -0.785. The Bertz CT molecular complexity index is 589. The topological polar surface area (TPSA) is 98.5 Å². The van der Waals surface area contributed by atoms with Crippen LogP contribution < -0.4 is 4.74 Å². The molecule has 0 aromatic heterocycles. The fraction of sp³-hybridized carbons (Fsp3) is 0.500. The molecule has 3 atom stereocenters. The molecule has 0 aliphatic heterocycles. The molecule has 12 heteroatoms. The normalized spacial score (nSPS) is 16.0. The van der Waals surface area contributed by atoms with E-state index in [0.717, 1.165) is 24.3 Å². The molecule has 0 saturated heterocycles. The van der Waals surface area contributed by atoms with Gasteiger partial charge in [-0.05, 0) is 23.2 Å². The Kier molecular flexibility index (Phi) is 6.29. The van der Waals surface area contributed by atoms with E-state index < -0.39 is 43.0 Å². The smallest absolute Gasteiger partial charge is 0.430 e. The van der Waals surface area contributed by atoms with E-state index in [-0.39, 0.29) is 5.56 Å². The standard InChI is InChI=1S/C12H11F6N3O3/c13-10(11(14,15)16)12(17,18)24-7-3-1-6(2-4-7)9(23)8(22)5-20-21-19/h1-4,8-10,22-23H,5H2/t8?,9?,10-/m1/s1. The SMILES string of the molecule is [N-]=[N+]=NCC(O)C(O)c1ccc(OC(F)(F)[C@H](F)C(F)(F)F)cc1. The minimum Gasteiger partial charge on any atom is -0.430 e. The minimum atomic E-state index is -5.80. The number of hydrogen-bond donors (Lipinski definition) is 2. The third-order valence-electron chi connectivity index (χ3n) is 2.75. The molecule has 0 saturated carbocycles. The molecule has 0 amide bonds. The van der Waals surface area contributed by atoms with Crippen molar-refractivity contribution in [3.8, 4) is 5.75 Å². The van der Waals surface area contributed by atoms with Crippen molar-refractivity contribution in [3.63, 3.8) is 0 Å². The summed E-state index contributed by atoms with van der Waals surface area (Å²) in [6.07, 6.45) is -18.5. The predicted molar refractivity (Wildman–Crippen MR) is 67.9 cm³/mol. The van der Waals surface area contributed by atoms with E-state index in [9.17, 15) is 36.6 Å². The number of nitrogens with zero attached hydrogens (tertiary/aromatic N) is 3. The molecule has 6 nitrogen and oxygen atoms in total. The molecule has 24 heavy (non-hydrogen) atoms. The fourth-order valence-corrected chi connectivity index (χ4v) is 1.57. The number of azide groups is 1. The van der Waals surface area contributed by atoms with E-state index in [4.69, 9.17) is 5.53 Å². The van der Waals surface area contributed by atoms with Gasteiger partial charge in [-0.1, -0.05) is 17.2 Å². The van der Waals surface area contributed by atoms with E-state index in [0.29, 0.717) is 0 Å². The highest BCUT2D eigenvalue weighted by Gasteiger charge is 2.59. The third kappa shape index (κ3) is 5.18. The molecule has 0 fully saturated rings. The van der Waals surface area contributed by atoms with Crippen LogP contribution >= 0.6 is 0 Å². The highest BCUT2D eigenvalue weighted by molar-refractivity contribution is 5.29. The lowest BCUT2D eigenvalue weighted by molar-refractivity contribution is -0.304. The van der Waals surface area contributed by atoms with Crippen LogP contribution in [0.3, 0.4) is 0 Å². The largest absolute Gasteiger partial charge is 0.439 e. The second kappa shape index (κ2) is 7.60. The van der Waals surface area contributed by atoms with Crippen molar-refractivity contribution in [2.75, 3.05) is 6.54 Å². The molecule has 2 N–H and O–H groups in total. The number of aliphatic hydroxyl groups excluding tert-OH is 2. The number of aliphatic hydroxyl groups is 2. The molecule has 0 heterocycles. The van der Waals surface area contributed by atoms with E-state index in [1.807, 2.05) is 0 Å². The van der Waals surface area contributed by atoms with Gasteiger partial charge in [0.05, 0.1) is 12.6 Å². The average molecular weight is 359 g/mol. The monoisotopic (exact) mass is 359 g/mol. The summed E-state index contributed by atoms with van der Waals surface area (Å²) < 4.78 is 78.5. The van der Waals surface area contributed by atoms with Gasteiger partial charge in [-0.25, -0.2) is 4.39 Å². The summed E-state index contributed by atoms with van der Waals surface area (Å²) in [6.45, 7) is -0.469. The molecule has 0 spiro atoms. The maximum absolute atomic E-state index is 13.1. The van der Waals surface area contributed by atoms with Crippen LogP contribution in [-0.4, -0.2) is 41.3 Å². The van der Waals surface area contributed by atoms with Crippen molar-refractivity contribution in [1.82, 2.24) is 0 Å². The quantitative estimate of drug-likeness (QED) is 0.338. The van der Waals surface area contributed by atoms with Gasteiger partial charge in [0.1, 0.15) is 11.9 Å². The lowest BCUT2D eigenvalue weighted by Gasteiger charge is -2.23. The van der Waals surface area contributed by atoms with Gasteiger partial charge in [0, 0.05) is 4.91 Å². The van der Waals surface area contributed by atoms with Gasteiger partial charge < -0.3 is 14.9 Å². The van der Waals surface area contributed by atoms with Gasteiger partial charge in [0.2, 0.25) is 0 Å². The van der Waals surface area contributed by atoms with E-state index in [1.165, 1.54) is 0 Å². The number of rotatable bonds is 7. The summed E-state index contributed by atoms with van der Waals surface area (Å²) in [5, 5.41) is 22.2. The Morgan fingerprint density at radius 3 is 2.12 bits per heavy atom. The maximum Gasteiger partial charge on any atom is 0.439 e. The zero-order valence-electron chi connectivity index (χ0n) is 11.7. The van der Waals surface area contributed by atoms with Gasteiger partial charge in [-0.3, -0.25) is 0 Å². The Balaban J connectivity index is 2.82. The lowest BCUT2D eigenvalue weighted by atomic mass is 10.0. The van der Waals surface area contributed by atoms with Gasteiger partial charge in [0.15, 0.2) is 0 Å². The van der Waals surface area contributed by atoms with Crippen LogP contribution in [-0.2, 0) is 0 Å². The molecule has 2 unspecified atom stereocenters. The summed E-state index contributed by atoms with van der Waals surface area (Å²) in [7, 11) is 0. The molecular weight excluding hydrogens is 348 g/mol. The summed E-state index contributed by atoms with van der Waals surface area (Å²) in [6, 6.07) is 3.46. The van der Waals surface area contributed by atoms with Gasteiger partial charge in [0.25, 0.3) is 6.17 Å². The molecule has 134 valence electrons. The highest BCUT2D eigenvalue weighted by atomic mass is 19.4. The first-order chi connectivity index (χ1) is 11.0. The summed E-state index contributed by atoms with van der Waals surface area (Å²) >= 11 is 0. The van der Waals surface area contributed by atoms with Crippen LogP contribution in [0, 0.1) is 0 Å². The first kappa shape index (κ1) is 19.9. The fourth-order valence-electron chi connectivity index (χ4n) is 1.57. The highest BCUT2D eigenvalue weighted by Crippen LogP contribution is 2.36. The number of benzene rings is 1. The van der Waals surface area contributed by atoms with Crippen molar-refractivity contribution in [1.29, 1.82) is 0 Å². The first-order valence-corrected chi connectivity index (χ1v) is 6.23. The molecular formula is C12H11F6N3O3. The Hall–Kier alpha value is -2.17. The number of halogens is 6. The summed E-state index contributed by atoms with van der Waals surface area (Å²) in [4.78, 5) is 2.37. The van der Waals surface area contributed by atoms with Crippen molar-refractivity contribution in [3.05, 3.63) is 40.3 Å². The van der Waals surface area contributed by atoms with Crippen LogP contribution in [0.25, 0.3) is 10.4 Å². The molecule has 0 aliphatic rings. The zero-order chi connectivity index (χ0) is 18.5. The second-order valence-electron chi connectivity index (χ2n) is 4.56. The second-order valence-corrected chi connectivity index (χ2v) is 4.56. The molecule has 1 rings (SSSR count). The molecule has 0 radical (unpaired) electrons. The maximum atomic E-state index is 13.1. The number of ether oxygens (including phenoxy) is 1. The van der Waals surface area contributed by atoms with Crippen molar-refractivity contribution in [2.45, 2.75) is 30.7 Å². The Morgan fingerprint density at radius 2 is 1.67 bits per heavy atom.